The third-order valence-electron chi connectivity index (χ3n) is 2.09. The third-order valence-corrected chi connectivity index (χ3v) is 2.09. The molecule has 6 N–H and O–H groups in total. The maximum Gasteiger partial charge on any atom is 0.123 e. The Morgan fingerprint density at radius 2 is 1.86 bits per heavy atom. The highest BCUT2D eigenvalue weighted by Gasteiger charge is 2.11. The van der Waals surface area contributed by atoms with Crippen molar-refractivity contribution in [1.82, 2.24) is 0 Å². The van der Waals surface area contributed by atoms with Gasteiger partial charge in [0.1, 0.15) is 11.7 Å². The molecule has 0 heterocycles. The van der Waals surface area contributed by atoms with Crippen molar-refractivity contribution in [3.8, 4) is 0 Å². The number of nitrogens with one attached hydrogen (secondary N) is 2. The van der Waals surface area contributed by atoms with E-state index in [9.17, 15) is 0 Å². The first-order valence-electron chi connectivity index (χ1n) is 4.38. The standard InChI is InChI=1S/C10H14N4/c1-2-6-4-3-5-7(9(11)12)8(6)10(13)14/h3-5H,2H2,1H3,(H3,11,12)(H3,13,14). The van der Waals surface area contributed by atoms with Crippen molar-refractivity contribution in [2.24, 2.45) is 11.5 Å². The Bertz CT molecular complexity index is 382. The van der Waals surface area contributed by atoms with E-state index >= 15 is 0 Å². The highest BCUT2D eigenvalue weighted by Crippen LogP contribution is 2.14. The van der Waals surface area contributed by atoms with Crippen LogP contribution in [0.4, 0.5) is 0 Å². The molecule has 0 spiro atoms. The van der Waals surface area contributed by atoms with E-state index in [2.05, 4.69) is 0 Å². The molecule has 74 valence electrons. The van der Waals surface area contributed by atoms with Gasteiger partial charge in [0, 0.05) is 11.1 Å². The zero-order valence-electron chi connectivity index (χ0n) is 8.09. The summed E-state index contributed by atoms with van der Waals surface area (Å²) in [4.78, 5) is 0. The van der Waals surface area contributed by atoms with Gasteiger partial charge in [-0.25, -0.2) is 0 Å². The van der Waals surface area contributed by atoms with Crippen LogP contribution in [-0.2, 0) is 6.42 Å². The first kappa shape index (κ1) is 10.2. The molecule has 0 aromatic heterocycles. The van der Waals surface area contributed by atoms with E-state index in [1.165, 1.54) is 0 Å². The van der Waals surface area contributed by atoms with Crippen LogP contribution in [0.5, 0.6) is 0 Å². The average molecular weight is 190 g/mol. The van der Waals surface area contributed by atoms with Gasteiger partial charge in [-0.05, 0) is 12.0 Å². The number of amidine groups is 2. The van der Waals surface area contributed by atoms with Gasteiger partial charge in [0.15, 0.2) is 0 Å². The second-order valence-electron chi connectivity index (χ2n) is 3.02. The number of hydrogen-bond acceptors (Lipinski definition) is 2. The Balaban J connectivity index is 3.43. The molecule has 0 bridgehead atoms. The van der Waals surface area contributed by atoms with Gasteiger partial charge in [-0.15, -0.1) is 0 Å². The van der Waals surface area contributed by atoms with Crippen LogP contribution in [0.2, 0.25) is 0 Å². The van der Waals surface area contributed by atoms with Crippen molar-refractivity contribution in [3.05, 3.63) is 34.9 Å². The monoisotopic (exact) mass is 190 g/mol. The molecule has 0 aliphatic carbocycles. The van der Waals surface area contributed by atoms with Gasteiger partial charge in [-0.2, -0.15) is 0 Å². The number of rotatable bonds is 3. The maximum atomic E-state index is 7.44. The Kier molecular flexibility index (Phi) is 2.86. The lowest BCUT2D eigenvalue weighted by molar-refractivity contribution is 1.12. The third kappa shape index (κ3) is 1.74. The molecular weight excluding hydrogens is 176 g/mol. The first-order valence-corrected chi connectivity index (χ1v) is 4.38. The molecule has 0 fully saturated rings. The molecular formula is C10H14N4. The Hall–Kier alpha value is -1.84. The summed E-state index contributed by atoms with van der Waals surface area (Å²) in [6, 6.07) is 5.42. The van der Waals surface area contributed by atoms with Crippen LogP contribution in [0.1, 0.15) is 23.6 Å². The fraction of sp³-hybridized carbons (Fsp3) is 0.200. The smallest absolute Gasteiger partial charge is 0.123 e. The number of benzene rings is 1. The van der Waals surface area contributed by atoms with E-state index in [1.807, 2.05) is 19.1 Å². The first-order chi connectivity index (χ1) is 6.57. The van der Waals surface area contributed by atoms with Gasteiger partial charge in [0.25, 0.3) is 0 Å². The van der Waals surface area contributed by atoms with Crippen molar-refractivity contribution >= 4 is 11.7 Å². The van der Waals surface area contributed by atoms with Crippen LogP contribution in [0.15, 0.2) is 18.2 Å². The van der Waals surface area contributed by atoms with Gasteiger partial charge < -0.3 is 11.5 Å². The van der Waals surface area contributed by atoms with Crippen molar-refractivity contribution in [2.45, 2.75) is 13.3 Å². The molecule has 0 saturated carbocycles. The van der Waals surface area contributed by atoms with Gasteiger partial charge in [-0.1, -0.05) is 25.1 Å². The fourth-order valence-electron chi connectivity index (χ4n) is 1.44. The molecule has 4 heteroatoms. The summed E-state index contributed by atoms with van der Waals surface area (Å²) >= 11 is 0. The lowest BCUT2D eigenvalue weighted by atomic mass is 9.98. The summed E-state index contributed by atoms with van der Waals surface area (Å²) in [5.41, 5.74) is 12.9. The number of nitrogen functional groups attached to an aromatic ring is 2. The fourth-order valence-corrected chi connectivity index (χ4v) is 1.44. The number of aryl methyl sites for hydroxylation is 1. The molecule has 4 nitrogen and oxygen atoms in total. The van der Waals surface area contributed by atoms with Crippen LogP contribution in [0.3, 0.4) is 0 Å². The molecule has 0 saturated heterocycles. The van der Waals surface area contributed by atoms with Crippen LogP contribution in [0.25, 0.3) is 0 Å². The Morgan fingerprint density at radius 1 is 1.21 bits per heavy atom. The molecule has 0 atom stereocenters. The van der Waals surface area contributed by atoms with Gasteiger partial charge in [0.2, 0.25) is 0 Å². The average Bonchev–Trinajstić information content (AvgIpc) is 2.16. The van der Waals surface area contributed by atoms with E-state index in [0.717, 1.165) is 12.0 Å². The molecule has 1 rings (SSSR count). The zero-order chi connectivity index (χ0) is 10.7. The van der Waals surface area contributed by atoms with Crippen LogP contribution in [-0.4, -0.2) is 11.7 Å². The second-order valence-corrected chi connectivity index (χ2v) is 3.02. The second kappa shape index (κ2) is 3.91. The van der Waals surface area contributed by atoms with E-state index in [-0.39, 0.29) is 11.7 Å². The minimum absolute atomic E-state index is 0.0346. The molecule has 1 aromatic rings. The lowest BCUT2D eigenvalue weighted by Gasteiger charge is -2.10. The van der Waals surface area contributed by atoms with E-state index in [0.29, 0.717) is 11.1 Å². The minimum Gasteiger partial charge on any atom is -0.384 e. The summed E-state index contributed by atoms with van der Waals surface area (Å²) in [5, 5.41) is 14.8. The maximum absolute atomic E-state index is 7.44. The quantitative estimate of drug-likeness (QED) is 0.419. The highest BCUT2D eigenvalue weighted by molar-refractivity contribution is 6.08. The minimum atomic E-state index is -0.0505. The molecule has 0 aliphatic rings. The summed E-state index contributed by atoms with van der Waals surface area (Å²) in [6.07, 6.45) is 0.774. The van der Waals surface area contributed by atoms with Gasteiger partial charge >= 0.3 is 0 Å². The van der Waals surface area contributed by atoms with E-state index < -0.39 is 0 Å². The lowest BCUT2D eigenvalue weighted by Crippen LogP contribution is -2.22. The van der Waals surface area contributed by atoms with E-state index in [4.69, 9.17) is 22.3 Å². The van der Waals surface area contributed by atoms with Crippen molar-refractivity contribution in [2.75, 3.05) is 0 Å². The number of hydrogen-bond donors (Lipinski definition) is 4. The predicted octanol–water partition coefficient (Wildman–Crippen LogP) is 0.817. The largest absolute Gasteiger partial charge is 0.384 e. The summed E-state index contributed by atoms with van der Waals surface area (Å²) in [5.74, 6) is -0.0850. The number of nitrogens with two attached hydrogens (primary N) is 2. The summed E-state index contributed by atoms with van der Waals surface area (Å²) in [6.45, 7) is 1.98. The highest BCUT2D eigenvalue weighted by atomic mass is 14.7. The summed E-state index contributed by atoms with van der Waals surface area (Å²) in [7, 11) is 0. The van der Waals surface area contributed by atoms with Crippen molar-refractivity contribution < 1.29 is 0 Å². The SMILES string of the molecule is CCc1cccc(C(=N)N)c1C(=N)N. The van der Waals surface area contributed by atoms with E-state index in [1.54, 1.807) is 6.07 Å². The molecule has 0 aliphatic heterocycles. The summed E-state index contributed by atoms with van der Waals surface area (Å²) < 4.78 is 0. The van der Waals surface area contributed by atoms with Gasteiger partial charge in [-0.3, -0.25) is 10.8 Å². The van der Waals surface area contributed by atoms with Crippen molar-refractivity contribution in [1.29, 1.82) is 10.8 Å². The molecule has 14 heavy (non-hydrogen) atoms. The molecule has 1 aromatic carbocycles. The van der Waals surface area contributed by atoms with Crippen LogP contribution in [0, 0.1) is 10.8 Å². The normalized spacial score (nSPS) is 9.79. The van der Waals surface area contributed by atoms with Crippen molar-refractivity contribution in [3.63, 3.8) is 0 Å². The predicted molar refractivity (Wildman–Crippen MR) is 57.9 cm³/mol. The van der Waals surface area contributed by atoms with Crippen LogP contribution < -0.4 is 11.5 Å². The van der Waals surface area contributed by atoms with Crippen LogP contribution >= 0.6 is 0 Å². The topological polar surface area (TPSA) is 99.7 Å². The zero-order valence-corrected chi connectivity index (χ0v) is 8.09. The molecule has 0 unspecified atom stereocenters. The Labute approximate surface area is 82.9 Å². The van der Waals surface area contributed by atoms with Gasteiger partial charge in [0.05, 0.1) is 0 Å². The molecule has 0 amide bonds. The molecule has 0 radical (unpaired) electrons. The Morgan fingerprint density at radius 3 is 2.29 bits per heavy atom.